The zero-order chi connectivity index (χ0) is 23.1. The Labute approximate surface area is 184 Å². The number of anilines is 2. The van der Waals surface area contributed by atoms with Gasteiger partial charge < -0.3 is 20.7 Å². The van der Waals surface area contributed by atoms with Crippen LogP contribution in [0.3, 0.4) is 0 Å². The van der Waals surface area contributed by atoms with Gasteiger partial charge in [-0.3, -0.25) is 19.3 Å². The average molecular weight is 435 g/mol. The van der Waals surface area contributed by atoms with E-state index < -0.39 is 12.1 Å². The van der Waals surface area contributed by atoms with Gasteiger partial charge in [-0.15, -0.1) is 0 Å². The van der Waals surface area contributed by atoms with Crippen molar-refractivity contribution in [3.63, 3.8) is 0 Å². The van der Waals surface area contributed by atoms with Gasteiger partial charge in [0.1, 0.15) is 5.75 Å². The minimum atomic E-state index is -0.797. The van der Waals surface area contributed by atoms with Gasteiger partial charge in [0.05, 0.1) is 18.2 Å². The second-order valence-electron chi connectivity index (χ2n) is 6.97. The van der Waals surface area contributed by atoms with Crippen molar-refractivity contribution in [2.75, 3.05) is 23.7 Å². The number of imide groups is 1. The van der Waals surface area contributed by atoms with Crippen molar-refractivity contribution in [2.45, 2.75) is 19.4 Å². The van der Waals surface area contributed by atoms with Crippen molar-refractivity contribution in [1.82, 2.24) is 10.2 Å². The molecule has 1 aliphatic rings. The van der Waals surface area contributed by atoms with Gasteiger partial charge >= 0.3 is 6.03 Å². The summed E-state index contributed by atoms with van der Waals surface area (Å²) in [5, 5.41) is 16.7. The zero-order valence-corrected chi connectivity index (χ0v) is 17.3. The summed E-state index contributed by atoms with van der Waals surface area (Å²) in [7, 11) is 0. The molecule has 3 N–H and O–H groups in total. The molecular weight excluding hydrogens is 414 g/mol. The summed E-state index contributed by atoms with van der Waals surface area (Å²) in [5.41, 5.74) is 1.44. The van der Waals surface area contributed by atoms with Crippen molar-refractivity contribution in [1.29, 1.82) is 5.26 Å². The fourth-order valence-electron chi connectivity index (χ4n) is 2.90. The molecule has 1 fully saturated rings. The van der Waals surface area contributed by atoms with E-state index in [1.165, 1.54) is 0 Å². The van der Waals surface area contributed by atoms with Crippen molar-refractivity contribution in [2.24, 2.45) is 0 Å². The summed E-state index contributed by atoms with van der Waals surface area (Å²) < 4.78 is 5.57. The first-order valence-electron chi connectivity index (χ1n) is 9.81. The first-order valence-corrected chi connectivity index (χ1v) is 9.81. The number of amides is 5. The highest BCUT2D eigenvalue weighted by atomic mass is 16.5. The minimum Gasteiger partial charge on any atom is -0.481 e. The molecule has 0 aliphatic carbocycles. The zero-order valence-electron chi connectivity index (χ0n) is 17.3. The molecule has 1 unspecified atom stereocenters. The monoisotopic (exact) mass is 435 g/mol. The minimum absolute atomic E-state index is 0.000194. The summed E-state index contributed by atoms with van der Waals surface area (Å²) in [6.07, 6.45) is -0.826. The Hall–Kier alpha value is -4.39. The predicted octanol–water partition coefficient (Wildman–Crippen LogP) is 1.84. The van der Waals surface area contributed by atoms with Crippen LogP contribution in [0.15, 0.2) is 48.5 Å². The number of nitrogens with one attached hydrogen (secondary N) is 3. The summed E-state index contributed by atoms with van der Waals surface area (Å²) in [6, 6.07) is 14.5. The van der Waals surface area contributed by atoms with Crippen LogP contribution in [0.25, 0.3) is 0 Å². The molecular formula is C22H21N5O5. The van der Waals surface area contributed by atoms with Crippen LogP contribution in [0.5, 0.6) is 5.75 Å². The van der Waals surface area contributed by atoms with Gasteiger partial charge in [0.25, 0.3) is 5.91 Å². The lowest BCUT2D eigenvalue weighted by Crippen LogP contribution is -2.33. The van der Waals surface area contributed by atoms with Crippen molar-refractivity contribution in [3.8, 4) is 11.8 Å². The molecule has 1 aliphatic heterocycles. The molecule has 32 heavy (non-hydrogen) atoms. The number of rotatable bonds is 8. The van der Waals surface area contributed by atoms with E-state index in [1.807, 2.05) is 6.07 Å². The second-order valence-corrected chi connectivity index (χ2v) is 6.97. The molecule has 10 heteroatoms. The topological polar surface area (TPSA) is 141 Å². The summed E-state index contributed by atoms with van der Waals surface area (Å²) in [6.45, 7) is 1.54. The number of nitriles is 1. The maximum Gasteiger partial charge on any atom is 0.324 e. The van der Waals surface area contributed by atoms with Crippen LogP contribution < -0.4 is 20.7 Å². The maximum atomic E-state index is 12.4. The third-order valence-corrected chi connectivity index (χ3v) is 4.58. The van der Waals surface area contributed by atoms with Gasteiger partial charge in [0.2, 0.25) is 11.8 Å². The molecule has 5 amide bonds. The molecule has 1 atom stereocenters. The van der Waals surface area contributed by atoms with Crippen LogP contribution >= 0.6 is 0 Å². The summed E-state index contributed by atoms with van der Waals surface area (Å²) in [5.74, 6) is -0.676. The van der Waals surface area contributed by atoms with E-state index in [9.17, 15) is 19.2 Å². The van der Waals surface area contributed by atoms with Crippen LogP contribution in [0, 0.1) is 11.3 Å². The molecule has 0 spiro atoms. The molecule has 0 bridgehead atoms. The molecule has 164 valence electrons. The van der Waals surface area contributed by atoms with Crippen LogP contribution in [-0.2, 0) is 14.4 Å². The smallest absolute Gasteiger partial charge is 0.324 e. The van der Waals surface area contributed by atoms with Gasteiger partial charge in [0, 0.05) is 24.3 Å². The number of nitrogens with zero attached hydrogens (tertiary/aromatic N) is 2. The molecule has 0 saturated carbocycles. The fourth-order valence-corrected chi connectivity index (χ4v) is 2.90. The Morgan fingerprint density at radius 1 is 1.16 bits per heavy atom. The van der Waals surface area contributed by atoms with Gasteiger partial charge in [0.15, 0.2) is 6.10 Å². The predicted molar refractivity (Wildman–Crippen MR) is 115 cm³/mol. The third kappa shape index (κ3) is 5.82. The molecule has 2 aromatic rings. The highest BCUT2D eigenvalue weighted by molar-refractivity contribution is 6.02. The Kier molecular flexibility index (Phi) is 7.02. The molecule has 3 rings (SSSR count). The standard InChI is InChI=1S/C22H21N5O5/c1-14(32-18-4-2-3-15(11-18)12-23)21(30)26-17-7-5-16(6-8-17)25-19(28)9-10-27-20(29)13-24-22(27)31/h2-8,11,14H,9-10,13H2,1H3,(H,24,31)(H,25,28)(H,26,30). The van der Waals surface area contributed by atoms with E-state index in [0.717, 1.165) is 4.90 Å². The maximum absolute atomic E-state index is 12.4. The van der Waals surface area contributed by atoms with Crippen LogP contribution in [0.4, 0.5) is 16.2 Å². The SMILES string of the molecule is CC(Oc1cccc(C#N)c1)C(=O)Nc1ccc(NC(=O)CCN2C(=O)CNC2=O)cc1. The highest BCUT2D eigenvalue weighted by Crippen LogP contribution is 2.17. The summed E-state index contributed by atoms with van der Waals surface area (Å²) >= 11 is 0. The Morgan fingerprint density at radius 3 is 2.47 bits per heavy atom. The largest absolute Gasteiger partial charge is 0.481 e. The number of hydrogen-bond donors (Lipinski definition) is 3. The lowest BCUT2D eigenvalue weighted by Gasteiger charge is -2.15. The first kappa shape index (κ1) is 22.3. The van der Waals surface area contributed by atoms with Gasteiger partial charge in [-0.1, -0.05) is 6.07 Å². The van der Waals surface area contributed by atoms with E-state index in [-0.39, 0.29) is 37.2 Å². The van der Waals surface area contributed by atoms with Crippen LogP contribution in [0.2, 0.25) is 0 Å². The number of ether oxygens (including phenoxy) is 1. The number of benzene rings is 2. The highest BCUT2D eigenvalue weighted by Gasteiger charge is 2.28. The normalized spacial score (nSPS) is 13.7. The molecule has 0 aromatic heterocycles. The van der Waals surface area contributed by atoms with Gasteiger partial charge in [-0.05, 0) is 49.4 Å². The van der Waals surface area contributed by atoms with E-state index >= 15 is 0 Å². The number of carbonyl (C=O) groups excluding carboxylic acids is 4. The second kappa shape index (κ2) is 10.1. The van der Waals surface area contributed by atoms with Crippen molar-refractivity contribution in [3.05, 3.63) is 54.1 Å². The van der Waals surface area contributed by atoms with Crippen molar-refractivity contribution < 1.29 is 23.9 Å². The van der Waals surface area contributed by atoms with E-state index in [1.54, 1.807) is 55.5 Å². The summed E-state index contributed by atoms with van der Waals surface area (Å²) in [4.78, 5) is 48.4. The van der Waals surface area contributed by atoms with Crippen LogP contribution in [0.1, 0.15) is 18.9 Å². The van der Waals surface area contributed by atoms with Crippen LogP contribution in [-0.4, -0.2) is 47.8 Å². The number of hydrogen-bond acceptors (Lipinski definition) is 6. The number of carbonyl (C=O) groups is 4. The van der Waals surface area contributed by atoms with E-state index in [2.05, 4.69) is 16.0 Å². The van der Waals surface area contributed by atoms with E-state index in [4.69, 9.17) is 10.00 Å². The fraction of sp³-hybridized carbons (Fsp3) is 0.227. The van der Waals surface area contributed by atoms with Gasteiger partial charge in [-0.25, -0.2) is 4.79 Å². The average Bonchev–Trinajstić information content (AvgIpc) is 3.11. The third-order valence-electron chi connectivity index (χ3n) is 4.58. The number of urea groups is 1. The Morgan fingerprint density at radius 2 is 1.84 bits per heavy atom. The molecule has 1 heterocycles. The Balaban J connectivity index is 1.47. The van der Waals surface area contributed by atoms with Crippen molar-refractivity contribution >= 4 is 35.1 Å². The quantitative estimate of drug-likeness (QED) is 0.541. The molecule has 10 nitrogen and oxygen atoms in total. The first-order chi connectivity index (χ1) is 15.4. The van der Waals surface area contributed by atoms with Gasteiger partial charge in [-0.2, -0.15) is 5.26 Å². The molecule has 2 aromatic carbocycles. The Bertz CT molecular complexity index is 1060. The lowest BCUT2D eigenvalue weighted by molar-refractivity contribution is -0.125. The lowest BCUT2D eigenvalue weighted by atomic mass is 10.2. The van der Waals surface area contributed by atoms with E-state index in [0.29, 0.717) is 22.7 Å². The molecule has 1 saturated heterocycles. The molecule has 0 radical (unpaired) electrons.